The van der Waals surface area contributed by atoms with Crippen molar-refractivity contribution in [2.45, 2.75) is 90.6 Å². The van der Waals surface area contributed by atoms with Gasteiger partial charge in [0, 0.05) is 32.9 Å². The fraction of sp³-hybridized carbons (Fsp3) is 0.800. The Bertz CT molecular complexity index is 709. The summed E-state index contributed by atoms with van der Waals surface area (Å²) in [4.78, 5) is 0. The molecule has 3 aliphatic rings. The van der Waals surface area contributed by atoms with E-state index >= 15 is 0 Å². The van der Waals surface area contributed by atoms with Gasteiger partial charge in [0.1, 0.15) is 0 Å². The largest absolute Gasteiger partial charge is 0.396 e. The number of nitrogens with one attached hydrogen (secondary N) is 1. The predicted molar refractivity (Wildman–Crippen MR) is 137 cm³/mol. The first-order valence-electron chi connectivity index (χ1n) is 14.0. The molecule has 0 spiro atoms. The monoisotopic (exact) mass is 455 g/mol. The van der Waals surface area contributed by atoms with E-state index in [1.807, 2.05) is 7.11 Å². The number of hydrogen-bond acceptors (Lipinski definition) is 3. The summed E-state index contributed by atoms with van der Waals surface area (Å²) < 4.78 is 5.47. The third-order valence-electron chi connectivity index (χ3n) is 10.3. The van der Waals surface area contributed by atoms with Crippen molar-refractivity contribution >= 4 is 0 Å². The Hall–Kier alpha value is -0.900. The minimum atomic E-state index is 0.347. The fourth-order valence-corrected chi connectivity index (χ4v) is 8.76. The van der Waals surface area contributed by atoms with E-state index in [4.69, 9.17) is 4.74 Å². The Labute approximate surface area is 203 Å². The number of benzene rings is 1. The van der Waals surface area contributed by atoms with E-state index in [0.717, 1.165) is 55.1 Å². The van der Waals surface area contributed by atoms with Crippen LogP contribution < -0.4 is 5.32 Å². The number of aliphatic hydroxyl groups is 1. The van der Waals surface area contributed by atoms with E-state index in [9.17, 15) is 5.11 Å². The molecule has 0 aromatic heterocycles. The lowest BCUT2D eigenvalue weighted by Gasteiger charge is -2.55. The van der Waals surface area contributed by atoms with Crippen molar-refractivity contribution in [1.82, 2.24) is 5.32 Å². The van der Waals surface area contributed by atoms with Crippen LogP contribution in [-0.4, -0.2) is 31.5 Å². The van der Waals surface area contributed by atoms with E-state index < -0.39 is 0 Å². The van der Waals surface area contributed by atoms with Crippen molar-refractivity contribution in [3.63, 3.8) is 0 Å². The highest BCUT2D eigenvalue weighted by atomic mass is 16.5. The second kappa shape index (κ2) is 11.7. The predicted octanol–water partition coefficient (Wildman–Crippen LogP) is 6.45. The molecule has 0 radical (unpaired) electrons. The van der Waals surface area contributed by atoms with Crippen LogP contribution in [0.25, 0.3) is 0 Å². The molecule has 0 amide bonds. The first-order chi connectivity index (χ1) is 16.1. The van der Waals surface area contributed by atoms with Gasteiger partial charge in [-0.2, -0.15) is 0 Å². The highest BCUT2D eigenvalue weighted by Crippen LogP contribution is 2.64. The van der Waals surface area contributed by atoms with Crippen LogP contribution >= 0.6 is 0 Å². The molecule has 0 saturated heterocycles. The molecule has 3 heteroatoms. The molecular weight excluding hydrogens is 406 g/mol. The molecule has 0 bridgehead atoms. The smallest absolute Gasteiger partial charge is 0.0465 e. The van der Waals surface area contributed by atoms with Crippen molar-refractivity contribution in [2.24, 2.45) is 40.9 Å². The number of fused-ring (bicyclic) bond motifs is 3. The van der Waals surface area contributed by atoms with E-state index in [2.05, 4.69) is 49.5 Å². The molecule has 3 aliphatic carbocycles. The molecule has 1 unspecified atom stereocenters. The minimum absolute atomic E-state index is 0.347. The first kappa shape index (κ1) is 25.2. The summed E-state index contributed by atoms with van der Waals surface area (Å²) in [6, 6.07) is 11.5. The zero-order valence-electron chi connectivity index (χ0n) is 21.5. The van der Waals surface area contributed by atoms with Crippen molar-refractivity contribution in [2.75, 3.05) is 20.3 Å². The van der Waals surface area contributed by atoms with E-state index in [0.29, 0.717) is 18.1 Å². The Morgan fingerprint density at radius 1 is 1.06 bits per heavy atom. The van der Waals surface area contributed by atoms with Gasteiger partial charge in [-0.25, -0.2) is 0 Å². The van der Waals surface area contributed by atoms with Crippen LogP contribution in [0, 0.1) is 40.9 Å². The number of methoxy groups -OCH3 is 1. The standard InChI is InChI=1S/C30H49NO2/c1-4-29(31-21-22-9-6-5-7-10-22)28-15-14-27-26-13-12-23(17-20-33-3)24(11-8-19-32)25(26)16-18-30(27,28)2/h5-7,9-10,23-29,31-32H,4,8,11-21H2,1-3H3/t23-,24+,25-,26-,27+,28?,29+,30+/m1/s1. The second-order valence-electron chi connectivity index (χ2n) is 11.7. The van der Waals surface area contributed by atoms with Gasteiger partial charge < -0.3 is 15.2 Å². The summed E-state index contributed by atoms with van der Waals surface area (Å²) >= 11 is 0. The maximum absolute atomic E-state index is 9.57. The number of rotatable bonds is 11. The van der Waals surface area contributed by atoms with Gasteiger partial charge >= 0.3 is 0 Å². The Morgan fingerprint density at radius 2 is 1.88 bits per heavy atom. The lowest BCUT2D eigenvalue weighted by molar-refractivity contribution is -0.0637. The molecule has 1 aromatic rings. The van der Waals surface area contributed by atoms with Crippen molar-refractivity contribution in [3.8, 4) is 0 Å². The zero-order chi connectivity index (χ0) is 23.3. The number of ether oxygens (including phenoxy) is 1. The van der Waals surface area contributed by atoms with E-state index in [-0.39, 0.29) is 0 Å². The third-order valence-corrected chi connectivity index (χ3v) is 10.3. The lowest BCUT2D eigenvalue weighted by atomic mass is 9.50. The van der Waals surface area contributed by atoms with Gasteiger partial charge in [-0.1, -0.05) is 44.2 Å². The van der Waals surface area contributed by atoms with Crippen LogP contribution in [0.2, 0.25) is 0 Å². The maximum atomic E-state index is 9.57. The molecule has 3 nitrogen and oxygen atoms in total. The SMILES string of the molecule is CC[C@H](NCc1ccccc1)C1CC[C@H]2[C@@H]3CC[C@H](CCOC)[C@H](CCCO)[C@H]3CC[C@]12C. The first-order valence-corrected chi connectivity index (χ1v) is 14.0. The molecule has 33 heavy (non-hydrogen) atoms. The van der Waals surface area contributed by atoms with Crippen LogP contribution in [-0.2, 0) is 11.3 Å². The van der Waals surface area contributed by atoms with E-state index in [1.165, 1.54) is 63.4 Å². The van der Waals surface area contributed by atoms with Crippen LogP contribution in [0.1, 0.15) is 83.6 Å². The minimum Gasteiger partial charge on any atom is -0.396 e. The lowest BCUT2D eigenvalue weighted by Crippen LogP contribution is -2.50. The summed E-state index contributed by atoms with van der Waals surface area (Å²) in [6.45, 7) is 7.29. The maximum Gasteiger partial charge on any atom is 0.0465 e. The van der Waals surface area contributed by atoms with Gasteiger partial charge in [0.25, 0.3) is 0 Å². The topological polar surface area (TPSA) is 41.5 Å². The molecule has 0 heterocycles. The van der Waals surface area contributed by atoms with E-state index in [1.54, 1.807) is 0 Å². The molecule has 8 atom stereocenters. The van der Waals surface area contributed by atoms with Gasteiger partial charge in [0.2, 0.25) is 0 Å². The van der Waals surface area contributed by atoms with Crippen molar-refractivity contribution < 1.29 is 9.84 Å². The summed E-state index contributed by atoms with van der Waals surface area (Å²) in [5.74, 6) is 5.08. The molecule has 3 fully saturated rings. The Morgan fingerprint density at radius 3 is 2.61 bits per heavy atom. The Kier molecular flexibility index (Phi) is 8.93. The molecule has 1 aromatic carbocycles. The zero-order valence-corrected chi connectivity index (χ0v) is 21.5. The third kappa shape index (κ3) is 5.36. The second-order valence-corrected chi connectivity index (χ2v) is 11.7. The normalized spacial score (nSPS) is 36.8. The van der Waals surface area contributed by atoms with Gasteiger partial charge in [-0.05, 0) is 111 Å². The summed E-state index contributed by atoms with van der Waals surface area (Å²) in [5.41, 5.74) is 1.90. The number of aliphatic hydroxyl groups excluding tert-OH is 1. The molecule has 4 rings (SSSR count). The van der Waals surface area contributed by atoms with Crippen molar-refractivity contribution in [1.29, 1.82) is 0 Å². The molecular formula is C30H49NO2. The Balaban J connectivity index is 1.45. The average Bonchev–Trinajstić information content (AvgIpc) is 3.20. The molecule has 0 aliphatic heterocycles. The highest BCUT2D eigenvalue weighted by Gasteiger charge is 2.57. The molecule has 2 N–H and O–H groups in total. The van der Waals surface area contributed by atoms with Crippen molar-refractivity contribution in [3.05, 3.63) is 35.9 Å². The van der Waals surface area contributed by atoms with Gasteiger partial charge in [-0.3, -0.25) is 0 Å². The fourth-order valence-electron chi connectivity index (χ4n) is 8.76. The van der Waals surface area contributed by atoms with Crippen LogP contribution in [0.15, 0.2) is 30.3 Å². The summed E-state index contributed by atoms with van der Waals surface area (Å²) in [5, 5.41) is 13.6. The number of hydrogen-bond donors (Lipinski definition) is 2. The van der Waals surface area contributed by atoms with Gasteiger partial charge in [0.15, 0.2) is 0 Å². The highest BCUT2D eigenvalue weighted by molar-refractivity contribution is 5.15. The van der Waals surface area contributed by atoms with Crippen LogP contribution in [0.5, 0.6) is 0 Å². The van der Waals surface area contributed by atoms with Gasteiger partial charge in [-0.15, -0.1) is 0 Å². The van der Waals surface area contributed by atoms with Crippen LogP contribution in [0.3, 0.4) is 0 Å². The quantitative estimate of drug-likeness (QED) is 0.403. The average molecular weight is 456 g/mol. The summed E-state index contributed by atoms with van der Waals surface area (Å²) in [6.07, 6.45) is 13.1. The van der Waals surface area contributed by atoms with Gasteiger partial charge in [0.05, 0.1) is 0 Å². The molecule has 3 saturated carbocycles. The van der Waals surface area contributed by atoms with Crippen LogP contribution in [0.4, 0.5) is 0 Å². The molecule has 186 valence electrons. The summed E-state index contributed by atoms with van der Waals surface area (Å²) in [7, 11) is 1.84.